The number of nitrogens with one attached hydrogen (secondary N) is 1. The highest BCUT2D eigenvalue weighted by Gasteiger charge is 2.17. The number of para-hydroxylation sites is 2. The highest BCUT2D eigenvalue weighted by Crippen LogP contribution is 2.30. The Hall–Kier alpha value is -3.16. The predicted molar refractivity (Wildman–Crippen MR) is 115 cm³/mol. The first-order valence-corrected chi connectivity index (χ1v) is 10.3. The Morgan fingerprint density at radius 2 is 1.83 bits per heavy atom. The first-order chi connectivity index (χ1) is 14.3. The zero-order valence-electron chi connectivity index (χ0n) is 15.2. The molecule has 6 nitrogen and oxygen atoms in total. The molecule has 0 aliphatic carbocycles. The molecule has 0 radical (unpaired) electrons. The largest absolute Gasteiger partial charge is 0.341 e. The number of hydrogen-bond acceptors (Lipinski definition) is 5. The second kappa shape index (κ2) is 7.69. The topological polar surface area (TPSA) is 72.3 Å². The fourth-order valence-corrected chi connectivity index (χ4v) is 4.02. The van der Waals surface area contributed by atoms with Crippen LogP contribution in [0.2, 0.25) is 5.02 Å². The second-order valence-electron chi connectivity index (χ2n) is 6.35. The van der Waals surface area contributed by atoms with Gasteiger partial charge in [-0.1, -0.05) is 35.5 Å². The van der Waals surface area contributed by atoms with Crippen LogP contribution in [0.25, 0.3) is 28.1 Å². The van der Waals surface area contributed by atoms with Gasteiger partial charge in [0.1, 0.15) is 5.82 Å². The molecular weight excluding hydrogens is 404 g/mol. The van der Waals surface area contributed by atoms with Crippen molar-refractivity contribution in [3.8, 4) is 17.1 Å². The minimum absolute atomic E-state index is 0.646. The number of halogens is 1. The van der Waals surface area contributed by atoms with Gasteiger partial charge in [-0.15, -0.1) is 10.2 Å². The molecule has 0 fully saturated rings. The Labute approximate surface area is 176 Å². The third kappa shape index (κ3) is 3.62. The van der Waals surface area contributed by atoms with Crippen molar-refractivity contribution in [3.05, 3.63) is 83.9 Å². The molecule has 5 aromatic rings. The van der Waals surface area contributed by atoms with Crippen molar-refractivity contribution in [2.45, 2.75) is 10.9 Å². The van der Waals surface area contributed by atoms with Crippen molar-refractivity contribution in [3.63, 3.8) is 0 Å². The van der Waals surface area contributed by atoms with Crippen LogP contribution in [0.5, 0.6) is 0 Å². The van der Waals surface area contributed by atoms with Crippen LogP contribution in [0.4, 0.5) is 0 Å². The molecule has 2 aromatic carbocycles. The summed E-state index contributed by atoms with van der Waals surface area (Å²) in [6, 6.07) is 19.5. The van der Waals surface area contributed by atoms with Gasteiger partial charge in [-0.05, 0) is 48.5 Å². The summed E-state index contributed by atoms with van der Waals surface area (Å²) in [6.07, 6.45) is 3.52. The predicted octanol–water partition coefficient (Wildman–Crippen LogP) is 5.15. The van der Waals surface area contributed by atoms with Crippen molar-refractivity contribution < 1.29 is 0 Å². The van der Waals surface area contributed by atoms with E-state index in [1.165, 1.54) is 0 Å². The lowest BCUT2D eigenvalue weighted by Gasteiger charge is -2.10. The van der Waals surface area contributed by atoms with E-state index in [0.717, 1.165) is 39.1 Å². The third-order valence-electron chi connectivity index (χ3n) is 4.41. The lowest BCUT2D eigenvalue weighted by molar-refractivity contribution is 0.884. The third-order valence-corrected chi connectivity index (χ3v) is 5.61. The summed E-state index contributed by atoms with van der Waals surface area (Å²) in [5.74, 6) is 2.27. The standard InChI is InChI=1S/C21H15ClN6S/c22-15-7-9-16(10-8-15)28-20(14-4-3-11-23-12-14)26-27-21(28)29-13-19-24-17-5-1-2-6-18(17)25-19/h1-12H,13H2,(H,24,25). The second-order valence-corrected chi connectivity index (χ2v) is 7.73. The molecular formula is C21H15ClN6S. The van der Waals surface area contributed by atoms with Gasteiger partial charge in [0.15, 0.2) is 11.0 Å². The Morgan fingerprint density at radius 3 is 2.62 bits per heavy atom. The van der Waals surface area contributed by atoms with E-state index in [1.54, 1.807) is 24.2 Å². The van der Waals surface area contributed by atoms with Gasteiger partial charge in [-0.3, -0.25) is 9.55 Å². The van der Waals surface area contributed by atoms with Crippen LogP contribution < -0.4 is 0 Å². The molecule has 0 atom stereocenters. The number of imidazole rings is 1. The quantitative estimate of drug-likeness (QED) is 0.399. The Balaban J connectivity index is 1.52. The molecule has 0 saturated heterocycles. The molecule has 8 heteroatoms. The van der Waals surface area contributed by atoms with Crippen LogP contribution in [-0.4, -0.2) is 29.7 Å². The number of hydrogen-bond donors (Lipinski definition) is 1. The molecule has 29 heavy (non-hydrogen) atoms. The molecule has 3 aromatic heterocycles. The fourth-order valence-electron chi connectivity index (χ4n) is 3.08. The van der Waals surface area contributed by atoms with Crippen LogP contribution in [0.1, 0.15) is 5.82 Å². The lowest BCUT2D eigenvalue weighted by atomic mass is 10.2. The molecule has 142 valence electrons. The van der Waals surface area contributed by atoms with Crippen LogP contribution in [-0.2, 0) is 5.75 Å². The summed E-state index contributed by atoms with van der Waals surface area (Å²) in [5, 5.41) is 10.3. The summed E-state index contributed by atoms with van der Waals surface area (Å²) >= 11 is 7.65. The maximum absolute atomic E-state index is 6.08. The van der Waals surface area contributed by atoms with Gasteiger partial charge in [0.2, 0.25) is 0 Å². The zero-order valence-corrected chi connectivity index (χ0v) is 16.7. The van der Waals surface area contributed by atoms with Gasteiger partial charge in [0.25, 0.3) is 0 Å². The zero-order chi connectivity index (χ0) is 19.6. The summed E-state index contributed by atoms with van der Waals surface area (Å²) < 4.78 is 2.01. The van der Waals surface area contributed by atoms with E-state index in [2.05, 4.69) is 25.1 Å². The van der Waals surface area contributed by atoms with Gasteiger partial charge in [0, 0.05) is 28.7 Å². The van der Waals surface area contributed by atoms with E-state index in [-0.39, 0.29) is 0 Å². The van der Waals surface area contributed by atoms with Crippen molar-refractivity contribution in [2.24, 2.45) is 0 Å². The number of nitrogens with zero attached hydrogens (tertiary/aromatic N) is 5. The van der Waals surface area contributed by atoms with Gasteiger partial charge >= 0.3 is 0 Å². The number of benzene rings is 2. The maximum Gasteiger partial charge on any atom is 0.196 e. The normalized spacial score (nSPS) is 11.2. The molecule has 1 N–H and O–H groups in total. The van der Waals surface area contributed by atoms with Crippen molar-refractivity contribution in [1.82, 2.24) is 29.7 Å². The highest BCUT2D eigenvalue weighted by molar-refractivity contribution is 7.98. The number of thioether (sulfide) groups is 1. The minimum Gasteiger partial charge on any atom is -0.341 e. The first-order valence-electron chi connectivity index (χ1n) is 8.96. The average molecular weight is 419 g/mol. The number of fused-ring (bicyclic) bond motifs is 1. The number of pyridine rings is 1. The number of H-pyrrole nitrogens is 1. The van der Waals surface area contributed by atoms with E-state index in [1.807, 2.05) is 65.2 Å². The molecule has 5 rings (SSSR count). The van der Waals surface area contributed by atoms with Crippen LogP contribution in [0, 0.1) is 0 Å². The Morgan fingerprint density at radius 1 is 0.966 bits per heavy atom. The van der Waals surface area contributed by atoms with Crippen LogP contribution in [0.15, 0.2) is 78.2 Å². The van der Waals surface area contributed by atoms with Gasteiger partial charge in [0.05, 0.1) is 16.8 Å². The van der Waals surface area contributed by atoms with E-state index < -0.39 is 0 Å². The van der Waals surface area contributed by atoms with Gasteiger partial charge < -0.3 is 4.98 Å². The number of rotatable bonds is 5. The molecule has 0 unspecified atom stereocenters. The average Bonchev–Trinajstić information content (AvgIpc) is 3.37. The molecule has 0 amide bonds. The fraction of sp³-hybridized carbons (Fsp3) is 0.0476. The maximum atomic E-state index is 6.08. The molecule has 0 aliphatic rings. The lowest BCUT2D eigenvalue weighted by Crippen LogP contribution is -2.00. The summed E-state index contributed by atoms with van der Waals surface area (Å²) in [6.45, 7) is 0. The molecule has 3 heterocycles. The van der Waals surface area contributed by atoms with Crippen molar-refractivity contribution in [1.29, 1.82) is 0 Å². The smallest absolute Gasteiger partial charge is 0.196 e. The molecule has 0 bridgehead atoms. The summed E-state index contributed by atoms with van der Waals surface area (Å²) in [7, 11) is 0. The first kappa shape index (κ1) is 17.9. The van der Waals surface area contributed by atoms with Gasteiger partial charge in [-0.25, -0.2) is 4.98 Å². The monoisotopic (exact) mass is 418 g/mol. The van der Waals surface area contributed by atoms with Crippen LogP contribution in [0.3, 0.4) is 0 Å². The molecule has 0 spiro atoms. The van der Waals surface area contributed by atoms with Gasteiger partial charge in [-0.2, -0.15) is 0 Å². The highest BCUT2D eigenvalue weighted by atomic mass is 35.5. The Bertz CT molecular complexity index is 1230. The number of aromatic nitrogens is 6. The number of aromatic amines is 1. The van der Waals surface area contributed by atoms with E-state index >= 15 is 0 Å². The van der Waals surface area contributed by atoms with E-state index in [4.69, 9.17) is 11.6 Å². The van der Waals surface area contributed by atoms with Crippen LogP contribution >= 0.6 is 23.4 Å². The Kier molecular flexibility index (Phi) is 4.75. The minimum atomic E-state index is 0.646. The summed E-state index contributed by atoms with van der Waals surface area (Å²) in [5.41, 5.74) is 3.81. The van der Waals surface area contributed by atoms with E-state index in [0.29, 0.717) is 10.8 Å². The molecule has 0 saturated carbocycles. The summed E-state index contributed by atoms with van der Waals surface area (Å²) in [4.78, 5) is 12.2. The SMILES string of the molecule is Clc1ccc(-n2c(SCc3nc4ccccc4[nH]3)nnc2-c2cccnc2)cc1. The van der Waals surface area contributed by atoms with E-state index in [9.17, 15) is 0 Å². The molecule has 0 aliphatic heterocycles. The van der Waals surface area contributed by atoms with Crippen molar-refractivity contribution in [2.75, 3.05) is 0 Å². The van der Waals surface area contributed by atoms with Crippen molar-refractivity contribution >= 4 is 34.4 Å².